The molecule has 2 fully saturated rings. The Bertz CT molecular complexity index is 1270. The largest absolute Gasteiger partial charge is 0.478 e. The summed E-state index contributed by atoms with van der Waals surface area (Å²) in [7, 11) is 0. The van der Waals surface area contributed by atoms with Crippen molar-refractivity contribution in [3.8, 4) is 0 Å². The van der Waals surface area contributed by atoms with E-state index in [9.17, 15) is 24.2 Å². The van der Waals surface area contributed by atoms with E-state index in [2.05, 4.69) is 31.0 Å². The fraction of sp³-hybridized carbons (Fsp3) is 0.419. The lowest BCUT2D eigenvalue weighted by Gasteiger charge is -2.32. The van der Waals surface area contributed by atoms with Crippen molar-refractivity contribution in [3.05, 3.63) is 86.8 Å². The van der Waals surface area contributed by atoms with Crippen molar-refractivity contribution in [2.75, 3.05) is 31.1 Å². The molecule has 2 aromatic carbocycles. The highest BCUT2D eigenvalue weighted by Crippen LogP contribution is 2.36. The summed E-state index contributed by atoms with van der Waals surface area (Å²) in [6.07, 6.45) is 4.24. The maximum Gasteiger partial charge on any atom is 0.338 e. The van der Waals surface area contributed by atoms with E-state index in [0.29, 0.717) is 6.42 Å². The maximum absolute atomic E-state index is 14.8. The fourth-order valence-electron chi connectivity index (χ4n) is 5.71. The predicted octanol–water partition coefficient (Wildman–Crippen LogP) is 6.18. The van der Waals surface area contributed by atoms with Gasteiger partial charge in [0.15, 0.2) is 0 Å². The van der Waals surface area contributed by atoms with Crippen molar-refractivity contribution in [2.24, 2.45) is 0 Å². The zero-order chi connectivity index (χ0) is 27.4. The van der Waals surface area contributed by atoms with Gasteiger partial charge in [0.05, 0.1) is 16.8 Å². The van der Waals surface area contributed by atoms with Gasteiger partial charge in [-0.05, 0) is 101 Å². The minimum Gasteiger partial charge on any atom is -0.478 e. The highest BCUT2D eigenvalue weighted by molar-refractivity contribution is 5.94. The van der Waals surface area contributed by atoms with Crippen LogP contribution in [0, 0.1) is 5.82 Å². The molecule has 0 aromatic heterocycles. The topological polar surface area (TPSA) is 89.9 Å². The number of carbonyl (C=O) groups is 2. The Kier molecular flexibility index (Phi) is 8.67. The van der Waals surface area contributed by atoms with Crippen LogP contribution < -0.4 is 10.2 Å². The van der Waals surface area contributed by atoms with E-state index in [1.165, 1.54) is 34.4 Å². The van der Waals surface area contributed by atoms with Crippen LogP contribution in [-0.2, 0) is 6.42 Å². The molecule has 0 saturated carbocycles. The second-order valence-electron chi connectivity index (χ2n) is 10.6. The first-order valence-electron chi connectivity index (χ1n) is 13.3. The van der Waals surface area contributed by atoms with Gasteiger partial charge < -0.3 is 20.4 Å². The van der Waals surface area contributed by atoms with Gasteiger partial charge in [-0.25, -0.2) is 14.0 Å². The Morgan fingerprint density at radius 2 is 1.53 bits per heavy atom. The highest BCUT2D eigenvalue weighted by atomic mass is 19.1. The number of hydrogen-bond donors (Lipinski definition) is 3. The Hall–Kier alpha value is -3.45. The van der Waals surface area contributed by atoms with Crippen LogP contribution in [0.2, 0.25) is 0 Å². The molecule has 0 aliphatic carbocycles. The molecule has 7 heteroatoms. The molecule has 6 nitrogen and oxygen atoms in total. The van der Waals surface area contributed by atoms with Crippen molar-refractivity contribution in [3.63, 3.8) is 0 Å². The van der Waals surface area contributed by atoms with Crippen molar-refractivity contribution >= 4 is 17.6 Å². The zero-order valence-electron chi connectivity index (χ0n) is 22.4. The van der Waals surface area contributed by atoms with Crippen LogP contribution in [0.25, 0.3) is 0 Å². The lowest BCUT2D eigenvalue weighted by molar-refractivity contribution is 0.0683. The van der Waals surface area contributed by atoms with Gasteiger partial charge in [0, 0.05) is 19.0 Å². The van der Waals surface area contributed by atoms with E-state index < -0.39 is 17.8 Å². The quantitative estimate of drug-likeness (QED) is 0.378. The highest BCUT2D eigenvalue weighted by Gasteiger charge is 2.24. The summed E-state index contributed by atoms with van der Waals surface area (Å²) in [5.74, 6) is -3.13. The van der Waals surface area contributed by atoms with Gasteiger partial charge in [0.1, 0.15) is 5.82 Å². The molecule has 0 amide bonds. The number of aromatic carboxylic acids is 2. The fourth-order valence-corrected chi connectivity index (χ4v) is 5.71. The summed E-state index contributed by atoms with van der Waals surface area (Å²) in [5.41, 5.74) is 7.65. The molecule has 0 radical (unpaired) electrons. The minimum atomic E-state index is -1.29. The van der Waals surface area contributed by atoms with Crippen LogP contribution in [0.1, 0.15) is 84.2 Å². The van der Waals surface area contributed by atoms with Gasteiger partial charge in [-0.3, -0.25) is 0 Å². The number of allylic oxidation sites excluding steroid dienone is 2. The predicted molar refractivity (Wildman–Crippen MR) is 148 cm³/mol. The van der Waals surface area contributed by atoms with Gasteiger partial charge in [-0.1, -0.05) is 34.4 Å². The van der Waals surface area contributed by atoms with Gasteiger partial charge in [-0.15, -0.1) is 0 Å². The van der Waals surface area contributed by atoms with Crippen molar-refractivity contribution in [1.29, 1.82) is 0 Å². The molecule has 202 valence electrons. The standard InChI is InChI=1S/C31H37FN2O4/c1-19(2)22-10-14-34(15-11-22)29-17-21(4-6-26(29)31(37)38)16-27(20(3)23-8-12-33-13-9-23)24-5-7-25(30(35)36)28(32)18-24/h4-7,17-18,27,33H,8-16H2,1-3H3,(H,35,36)(H,37,38). The Morgan fingerprint density at radius 1 is 0.895 bits per heavy atom. The van der Waals surface area contributed by atoms with Crippen molar-refractivity contribution in [2.45, 2.75) is 58.8 Å². The second-order valence-corrected chi connectivity index (χ2v) is 10.6. The Labute approximate surface area is 223 Å². The average Bonchev–Trinajstić information content (AvgIpc) is 2.91. The molecule has 2 aliphatic heterocycles. The SMILES string of the molecule is CC(C)=C1CCN(c2cc(CC(C(C)=C3CCNCC3)c3ccc(C(=O)O)c(F)c3)ccc2C(=O)O)CC1. The third-order valence-electron chi connectivity index (χ3n) is 8.06. The van der Waals surface area contributed by atoms with E-state index >= 15 is 0 Å². The number of anilines is 1. The van der Waals surface area contributed by atoms with E-state index in [1.54, 1.807) is 12.1 Å². The lowest BCUT2D eigenvalue weighted by atomic mass is 9.81. The number of benzene rings is 2. The van der Waals surface area contributed by atoms with Crippen molar-refractivity contribution < 1.29 is 24.2 Å². The molecule has 0 spiro atoms. The molecule has 2 heterocycles. The van der Waals surface area contributed by atoms with Crippen LogP contribution in [-0.4, -0.2) is 48.3 Å². The summed E-state index contributed by atoms with van der Waals surface area (Å²) < 4.78 is 14.8. The van der Waals surface area contributed by atoms with Crippen LogP contribution in [0.15, 0.2) is 58.7 Å². The molecule has 2 saturated heterocycles. The van der Waals surface area contributed by atoms with Crippen LogP contribution in [0.5, 0.6) is 0 Å². The third-order valence-corrected chi connectivity index (χ3v) is 8.06. The second kappa shape index (κ2) is 11.9. The summed E-state index contributed by atoms with van der Waals surface area (Å²) >= 11 is 0. The van der Waals surface area contributed by atoms with Gasteiger partial charge >= 0.3 is 11.9 Å². The van der Waals surface area contributed by atoms with E-state index in [1.807, 2.05) is 12.1 Å². The number of nitrogens with zero attached hydrogens (tertiary/aromatic N) is 1. The molecule has 38 heavy (non-hydrogen) atoms. The van der Waals surface area contributed by atoms with Crippen LogP contribution >= 0.6 is 0 Å². The number of carboxylic acid groups (broad SMARTS) is 2. The van der Waals surface area contributed by atoms with Crippen LogP contribution in [0.3, 0.4) is 0 Å². The normalized spacial score (nSPS) is 16.8. The summed E-state index contributed by atoms with van der Waals surface area (Å²) in [5, 5.41) is 22.6. The first-order chi connectivity index (χ1) is 18.2. The van der Waals surface area contributed by atoms with E-state index in [4.69, 9.17) is 0 Å². The lowest BCUT2D eigenvalue weighted by Crippen LogP contribution is -2.32. The molecule has 0 bridgehead atoms. The minimum absolute atomic E-state index is 0.150. The summed E-state index contributed by atoms with van der Waals surface area (Å²) in [6, 6.07) is 9.91. The third kappa shape index (κ3) is 6.16. The molecule has 2 aromatic rings. The van der Waals surface area contributed by atoms with Crippen LogP contribution in [0.4, 0.5) is 10.1 Å². The number of hydrogen-bond acceptors (Lipinski definition) is 4. The molecule has 1 atom stereocenters. The number of rotatable bonds is 7. The molecule has 3 N–H and O–H groups in total. The average molecular weight is 521 g/mol. The molecule has 4 rings (SSSR count). The number of halogens is 1. The molecule has 2 aliphatic rings. The Morgan fingerprint density at radius 3 is 2.11 bits per heavy atom. The van der Waals surface area contributed by atoms with Gasteiger partial charge in [0.25, 0.3) is 0 Å². The van der Waals surface area contributed by atoms with E-state index in [0.717, 1.165) is 68.7 Å². The van der Waals surface area contributed by atoms with E-state index in [-0.39, 0.29) is 17.0 Å². The Balaban J connectivity index is 1.72. The van der Waals surface area contributed by atoms with Gasteiger partial charge in [-0.2, -0.15) is 0 Å². The number of nitrogens with one attached hydrogen (secondary N) is 1. The zero-order valence-corrected chi connectivity index (χ0v) is 22.4. The van der Waals surface area contributed by atoms with Gasteiger partial charge in [0.2, 0.25) is 0 Å². The maximum atomic E-state index is 14.8. The van der Waals surface area contributed by atoms with Crippen molar-refractivity contribution in [1.82, 2.24) is 5.32 Å². The number of piperidine rings is 2. The molecule has 1 unspecified atom stereocenters. The summed E-state index contributed by atoms with van der Waals surface area (Å²) in [6.45, 7) is 9.67. The first-order valence-corrected chi connectivity index (χ1v) is 13.3. The number of carboxylic acids is 2. The molecular formula is C31H37FN2O4. The summed E-state index contributed by atoms with van der Waals surface area (Å²) in [4.78, 5) is 25.6. The molecular weight excluding hydrogens is 483 g/mol. The first kappa shape index (κ1) is 27.6. The smallest absolute Gasteiger partial charge is 0.338 e. The monoisotopic (exact) mass is 520 g/mol.